The van der Waals surface area contributed by atoms with Crippen molar-refractivity contribution < 1.29 is 13.7 Å². The summed E-state index contributed by atoms with van der Waals surface area (Å²) in [6, 6.07) is 0. The van der Waals surface area contributed by atoms with E-state index in [0.29, 0.717) is 0 Å². The Hall–Kier alpha value is -0.0900. The topological polar surface area (TPSA) is 43.4 Å². The van der Waals surface area contributed by atoms with Crippen molar-refractivity contribution in [2.45, 2.75) is 12.2 Å². The summed E-state index contributed by atoms with van der Waals surface area (Å²) in [6.45, 7) is 1.44. The molecule has 0 rings (SSSR count). The third kappa shape index (κ3) is 2.81. The SMILES string of the molecule is COC(=O)C(C)S(=O)Cl. The zero-order chi connectivity index (χ0) is 7.44. The van der Waals surface area contributed by atoms with E-state index in [9.17, 15) is 9.00 Å². The van der Waals surface area contributed by atoms with E-state index < -0.39 is 21.2 Å². The molecule has 9 heavy (non-hydrogen) atoms. The molecule has 0 N–H and O–H groups in total. The number of methoxy groups -OCH3 is 1. The molecule has 0 amide bonds. The van der Waals surface area contributed by atoms with Crippen molar-refractivity contribution in [1.29, 1.82) is 0 Å². The summed E-state index contributed by atoms with van der Waals surface area (Å²) >= 11 is 0. The van der Waals surface area contributed by atoms with Gasteiger partial charge in [0.1, 0.15) is 15.3 Å². The lowest BCUT2D eigenvalue weighted by molar-refractivity contribution is -0.139. The first-order chi connectivity index (χ1) is 4.09. The number of halogens is 1. The summed E-state index contributed by atoms with van der Waals surface area (Å²) in [5.74, 6) is -0.552. The minimum Gasteiger partial charge on any atom is -0.468 e. The summed E-state index contributed by atoms with van der Waals surface area (Å²) in [4.78, 5) is 10.5. The van der Waals surface area contributed by atoms with E-state index in [1.165, 1.54) is 14.0 Å². The molecule has 0 aliphatic heterocycles. The smallest absolute Gasteiger partial charge is 0.322 e. The van der Waals surface area contributed by atoms with Crippen LogP contribution in [0.1, 0.15) is 6.92 Å². The van der Waals surface area contributed by atoms with Gasteiger partial charge in [-0.1, -0.05) is 0 Å². The van der Waals surface area contributed by atoms with Gasteiger partial charge in [-0.25, -0.2) is 4.21 Å². The maximum atomic E-state index is 10.5. The molecule has 5 heteroatoms. The summed E-state index contributed by atoms with van der Waals surface area (Å²) in [6.07, 6.45) is 0. The monoisotopic (exact) mass is 170 g/mol. The molecule has 0 bridgehead atoms. The van der Waals surface area contributed by atoms with E-state index in [2.05, 4.69) is 4.74 Å². The number of carbonyl (C=O) groups excluding carboxylic acids is 1. The van der Waals surface area contributed by atoms with Crippen molar-refractivity contribution in [3.8, 4) is 0 Å². The molecule has 0 fully saturated rings. The lowest BCUT2D eigenvalue weighted by Crippen LogP contribution is -2.20. The molecule has 0 heterocycles. The van der Waals surface area contributed by atoms with Gasteiger partial charge in [0.15, 0.2) is 0 Å². The first-order valence-corrected chi connectivity index (χ1v) is 4.28. The fraction of sp³-hybridized carbons (Fsp3) is 0.750. The largest absolute Gasteiger partial charge is 0.468 e. The molecule has 0 spiro atoms. The maximum absolute atomic E-state index is 10.5. The highest BCUT2D eigenvalue weighted by atomic mass is 35.7. The lowest BCUT2D eigenvalue weighted by Gasteiger charge is -2.01. The van der Waals surface area contributed by atoms with Gasteiger partial charge in [-0.2, -0.15) is 0 Å². The van der Waals surface area contributed by atoms with Crippen LogP contribution in [0.3, 0.4) is 0 Å². The average Bonchev–Trinajstić information content (AvgIpc) is 1.84. The Morgan fingerprint density at radius 1 is 1.78 bits per heavy atom. The van der Waals surface area contributed by atoms with E-state index in [0.717, 1.165) is 0 Å². The highest BCUT2D eigenvalue weighted by molar-refractivity contribution is 8.09. The summed E-state index contributed by atoms with van der Waals surface area (Å²) < 4.78 is 14.6. The molecule has 0 saturated heterocycles. The van der Waals surface area contributed by atoms with E-state index in [1.807, 2.05) is 0 Å². The molecule has 0 aromatic heterocycles. The van der Waals surface area contributed by atoms with Gasteiger partial charge in [0.2, 0.25) is 0 Å². The van der Waals surface area contributed by atoms with Gasteiger partial charge in [0, 0.05) is 0 Å². The molecule has 3 nitrogen and oxygen atoms in total. The van der Waals surface area contributed by atoms with Crippen LogP contribution in [0, 0.1) is 0 Å². The highest BCUT2D eigenvalue weighted by Gasteiger charge is 2.17. The standard InChI is InChI=1S/C4H7ClO3S/c1-3(9(5)7)4(6)8-2/h3H,1-2H3. The number of hydrogen-bond acceptors (Lipinski definition) is 3. The van der Waals surface area contributed by atoms with Gasteiger partial charge in [-0.3, -0.25) is 4.79 Å². The molecular formula is C4H7ClO3S. The number of carbonyl (C=O) groups is 1. The third-order valence-corrected chi connectivity index (χ3v) is 2.36. The van der Waals surface area contributed by atoms with Gasteiger partial charge in [0.25, 0.3) is 0 Å². The van der Waals surface area contributed by atoms with Gasteiger partial charge in [-0.15, -0.1) is 0 Å². The van der Waals surface area contributed by atoms with Crippen LogP contribution < -0.4 is 0 Å². The molecule has 0 aliphatic carbocycles. The molecule has 0 aromatic rings. The van der Waals surface area contributed by atoms with E-state index in [-0.39, 0.29) is 0 Å². The highest BCUT2D eigenvalue weighted by Crippen LogP contribution is 2.01. The van der Waals surface area contributed by atoms with Crippen LogP contribution in [-0.2, 0) is 19.5 Å². The lowest BCUT2D eigenvalue weighted by atomic mass is 10.5. The number of esters is 1. The quantitative estimate of drug-likeness (QED) is 0.447. The predicted octanol–water partition coefficient (Wildman–Crippen LogP) is 0.450. The molecule has 2 unspecified atom stereocenters. The van der Waals surface area contributed by atoms with Crippen LogP contribution in [0.2, 0.25) is 0 Å². The third-order valence-electron chi connectivity index (χ3n) is 0.811. The van der Waals surface area contributed by atoms with Gasteiger partial charge in [-0.05, 0) is 17.6 Å². The first kappa shape index (κ1) is 8.91. The second-order valence-electron chi connectivity index (χ2n) is 1.41. The van der Waals surface area contributed by atoms with Crippen LogP contribution in [0.15, 0.2) is 0 Å². The van der Waals surface area contributed by atoms with Gasteiger partial charge >= 0.3 is 5.97 Å². The molecule has 0 aliphatic rings. The first-order valence-electron chi connectivity index (χ1n) is 2.24. The fourth-order valence-corrected chi connectivity index (χ4v) is 0.707. The van der Waals surface area contributed by atoms with Crippen molar-refractivity contribution in [3.63, 3.8) is 0 Å². The zero-order valence-electron chi connectivity index (χ0n) is 5.09. The Labute approximate surface area is 60.3 Å². The second kappa shape index (κ2) is 3.85. The fourth-order valence-electron chi connectivity index (χ4n) is 0.242. The molecular weight excluding hydrogens is 164 g/mol. The Kier molecular flexibility index (Phi) is 3.81. The summed E-state index contributed by atoms with van der Waals surface area (Å²) in [5, 5.41) is -0.739. The van der Waals surface area contributed by atoms with Crippen LogP contribution >= 0.6 is 10.7 Å². The average molecular weight is 171 g/mol. The number of ether oxygens (including phenoxy) is 1. The Balaban J connectivity index is 3.88. The van der Waals surface area contributed by atoms with Gasteiger partial charge in [0.05, 0.1) is 7.11 Å². The van der Waals surface area contributed by atoms with Crippen LogP contribution in [0.4, 0.5) is 0 Å². The second-order valence-corrected chi connectivity index (χ2v) is 3.53. The number of hydrogen-bond donors (Lipinski definition) is 0. The van der Waals surface area contributed by atoms with Crippen molar-refractivity contribution in [2.24, 2.45) is 0 Å². The van der Waals surface area contributed by atoms with E-state index in [4.69, 9.17) is 10.7 Å². The van der Waals surface area contributed by atoms with E-state index in [1.54, 1.807) is 0 Å². The zero-order valence-corrected chi connectivity index (χ0v) is 6.66. The predicted molar refractivity (Wildman–Crippen MR) is 35.5 cm³/mol. The van der Waals surface area contributed by atoms with Crippen molar-refractivity contribution in [1.82, 2.24) is 0 Å². The van der Waals surface area contributed by atoms with Crippen LogP contribution in [0.25, 0.3) is 0 Å². The van der Waals surface area contributed by atoms with Crippen LogP contribution in [-0.4, -0.2) is 22.5 Å². The number of rotatable bonds is 2. The van der Waals surface area contributed by atoms with Crippen molar-refractivity contribution in [2.75, 3.05) is 7.11 Å². The summed E-state index contributed by atoms with van der Waals surface area (Å²) in [5.41, 5.74) is 0. The Morgan fingerprint density at radius 3 is 2.33 bits per heavy atom. The molecule has 0 radical (unpaired) electrons. The van der Waals surface area contributed by atoms with Gasteiger partial charge < -0.3 is 4.74 Å². The molecule has 2 atom stereocenters. The minimum atomic E-state index is -1.64. The van der Waals surface area contributed by atoms with Crippen molar-refractivity contribution in [3.05, 3.63) is 0 Å². The Bertz CT molecular complexity index is 136. The molecule has 0 saturated carbocycles. The summed E-state index contributed by atoms with van der Waals surface area (Å²) in [7, 11) is 4.66. The minimum absolute atomic E-state index is 0.552. The van der Waals surface area contributed by atoms with E-state index >= 15 is 0 Å². The maximum Gasteiger partial charge on any atom is 0.322 e. The van der Waals surface area contributed by atoms with Crippen LogP contribution in [0.5, 0.6) is 0 Å². The normalized spacial score (nSPS) is 16.3. The van der Waals surface area contributed by atoms with Crippen molar-refractivity contribution >= 4 is 26.7 Å². The Morgan fingerprint density at radius 2 is 2.22 bits per heavy atom. The molecule has 0 aromatic carbocycles. The molecule has 54 valence electrons.